The van der Waals surface area contributed by atoms with Crippen LogP contribution in [0.1, 0.15) is 11.1 Å². The molecule has 90 valence electrons. The summed E-state index contributed by atoms with van der Waals surface area (Å²) in [4.78, 5) is 14.1. The summed E-state index contributed by atoms with van der Waals surface area (Å²) >= 11 is 0. The summed E-state index contributed by atoms with van der Waals surface area (Å²) in [5.41, 5.74) is 2.20. The summed E-state index contributed by atoms with van der Waals surface area (Å²) < 4.78 is 5.22. The molecule has 1 aromatic carbocycles. The predicted molar refractivity (Wildman–Crippen MR) is 65.9 cm³/mol. The maximum atomic E-state index is 11.1. The van der Waals surface area contributed by atoms with E-state index in [4.69, 9.17) is 11.3 Å². The molecule has 4 heteroatoms. The minimum atomic E-state index is -0.223. The van der Waals surface area contributed by atoms with Crippen molar-refractivity contribution in [3.05, 3.63) is 40.7 Å². The zero-order valence-corrected chi connectivity index (χ0v) is 10.1. The monoisotopic (exact) mass is 232 g/mol. The lowest BCUT2D eigenvalue weighted by molar-refractivity contribution is -0.119. The molecule has 0 aliphatic rings. The average Bonchev–Trinajstić information content (AvgIpc) is 2.31. The summed E-state index contributed by atoms with van der Waals surface area (Å²) in [5.74, 6) is 0.633. The molecular formula is C13H16N2O2. The molecule has 17 heavy (non-hydrogen) atoms. The van der Waals surface area contributed by atoms with E-state index in [2.05, 4.69) is 10.2 Å². The Hall–Kier alpha value is -2.02. The minimum Gasteiger partial charge on any atom is -0.496 e. The molecule has 0 fully saturated rings. The third-order valence-electron chi connectivity index (χ3n) is 2.43. The Morgan fingerprint density at radius 3 is 2.94 bits per heavy atom. The van der Waals surface area contributed by atoms with E-state index in [1.807, 2.05) is 25.1 Å². The summed E-state index contributed by atoms with van der Waals surface area (Å²) in [6.45, 7) is 8.99. The van der Waals surface area contributed by atoms with Gasteiger partial charge in [0.2, 0.25) is 0 Å². The van der Waals surface area contributed by atoms with Gasteiger partial charge in [0.1, 0.15) is 5.75 Å². The number of rotatable bonds is 5. The highest BCUT2D eigenvalue weighted by molar-refractivity contribution is 5.79. The zero-order valence-electron chi connectivity index (χ0n) is 10.1. The number of hydrogen-bond acceptors (Lipinski definition) is 2. The van der Waals surface area contributed by atoms with Crippen LogP contribution in [0.3, 0.4) is 0 Å². The zero-order chi connectivity index (χ0) is 12.7. The number of nitrogens with zero attached hydrogens (tertiary/aromatic N) is 1. The highest BCUT2D eigenvalue weighted by Gasteiger charge is 2.03. The van der Waals surface area contributed by atoms with Crippen LogP contribution in [0, 0.1) is 13.5 Å². The van der Waals surface area contributed by atoms with Gasteiger partial charge in [-0.15, -0.1) is 0 Å². The summed E-state index contributed by atoms with van der Waals surface area (Å²) in [6, 6.07) is 5.98. The van der Waals surface area contributed by atoms with Crippen molar-refractivity contribution in [3.8, 4) is 5.75 Å². The molecule has 4 nitrogen and oxygen atoms in total. The number of aryl methyl sites for hydroxylation is 1. The minimum absolute atomic E-state index is 0.1000. The Balaban J connectivity index is 2.47. The largest absolute Gasteiger partial charge is 0.496 e. The fourth-order valence-corrected chi connectivity index (χ4v) is 1.49. The van der Waals surface area contributed by atoms with E-state index in [1.54, 1.807) is 7.11 Å². The molecule has 1 amide bonds. The maximum absolute atomic E-state index is 11.1. The smallest absolute Gasteiger partial charge is 0.300 e. The van der Waals surface area contributed by atoms with Crippen LogP contribution in [0.5, 0.6) is 5.75 Å². The van der Waals surface area contributed by atoms with Crippen molar-refractivity contribution in [1.82, 2.24) is 5.32 Å². The van der Waals surface area contributed by atoms with Crippen LogP contribution in [0.15, 0.2) is 18.2 Å². The second-order valence-corrected chi connectivity index (χ2v) is 3.72. The number of benzene rings is 1. The maximum Gasteiger partial charge on any atom is 0.300 e. The summed E-state index contributed by atoms with van der Waals surface area (Å²) in [6.07, 6.45) is 0.736. The van der Waals surface area contributed by atoms with E-state index in [0.717, 1.165) is 23.3 Å². The third kappa shape index (κ3) is 4.15. The molecule has 0 radical (unpaired) electrons. The van der Waals surface area contributed by atoms with Crippen molar-refractivity contribution >= 4 is 5.91 Å². The van der Waals surface area contributed by atoms with Gasteiger partial charge in [0, 0.05) is 6.54 Å². The highest BCUT2D eigenvalue weighted by atomic mass is 16.5. The normalized spacial score (nSPS) is 9.47. The molecule has 0 unspecified atom stereocenters. The van der Waals surface area contributed by atoms with Gasteiger partial charge in [0.25, 0.3) is 12.5 Å². The SMILES string of the molecule is [C-]#[N+]CC(=O)NCCc1ccc(C)c(OC)c1. The van der Waals surface area contributed by atoms with E-state index in [9.17, 15) is 4.79 Å². The van der Waals surface area contributed by atoms with Crippen LogP contribution in [-0.4, -0.2) is 26.1 Å². The Labute approximate surface area is 101 Å². The predicted octanol–water partition coefficient (Wildman–Crippen LogP) is 1.58. The number of amides is 1. The van der Waals surface area contributed by atoms with Crippen molar-refractivity contribution in [1.29, 1.82) is 0 Å². The quantitative estimate of drug-likeness (QED) is 0.783. The van der Waals surface area contributed by atoms with Crippen LogP contribution in [0.25, 0.3) is 4.85 Å². The standard InChI is InChI=1S/C13H16N2O2/c1-10-4-5-11(8-12(10)17-3)6-7-15-13(16)9-14-2/h4-5,8H,6-7,9H2,1,3H3,(H,15,16). The van der Waals surface area contributed by atoms with E-state index < -0.39 is 0 Å². The number of carbonyl (C=O) groups is 1. The molecule has 0 atom stereocenters. The lowest BCUT2D eigenvalue weighted by atomic mass is 10.1. The molecular weight excluding hydrogens is 216 g/mol. The van der Waals surface area contributed by atoms with Crippen molar-refractivity contribution in [2.75, 3.05) is 20.2 Å². The molecule has 0 spiro atoms. The Morgan fingerprint density at radius 2 is 2.29 bits per heavy atom. The van der Waals surface area contributed by atoms with Crippen LogP contribution >= 0.6 is 0 Å². The lowest BCUT2D eigenvalue weighted by Gasteiger charge is -2.07. The Bertz CT molecular complexity index is 436. The van der Waals surface area contributed by atoms with Crippen LogP contribution < -0.4 is 10.1 Å². The van der Waals surface area contributed by atoms with E-state index in [-0.39, 0.29) is 12.5 Å². The van der Waals surface area contributed by atoms with Gasteiger partial charge in [-0.25, -0.2) is 6.57 Å². The van der Waals surface area contributed by atoms with Crippen molar-refractivity contribution in [3.63, 3.8) is 0 Å². The van der Waals surface area contributed by atoms with Gasteiger partial charge in [0.15, 0.2) is 0 Å². The van der Waals surface area contributed by atoms with Crippen LogP contribution in [0.4, 0.5) is 0 Å². The Kier molecular flexibility index (Phi) is 5.02. The highest BCUT2D eigenvalue weighted by Crippen LogP contribution is 2.18. The van der Waals surface area contributed by atoms with Crippen LogP contribution in [-0.2, 0) is 11.2 Å². The summed E-state index contributed by atoms with van der Waals surface area (Å²) in [7, 11) is 1.64. The molecule has 0 saturated heterocycles. The van der Waals surface area contributed by atoms with Crippen molar-refractivity contribution in [2.45, 2.75) is 13.3 Å². The van der Waals surface area contributed by atoms with Gasteiger partial charge in [-0.05, 0) is 30.5 Å². The summed E-state index contributed by atoms with van der Waals surface area (Å²) in [5, 5.41) is 2.69. The average molecular weight is 232 g/mol. The first-order valence-electron chi connectivity index (χ1n) is 5.41. The number of methoxy groups -OCH3 is 1. The third-order valence-corrected chi connectivity index (χ3v) is 2.43. The number of hydrogen-bond donors (Lipinski definition) is 1. The van der Waals surface area contributed by atoms with Crippen LogP contribution in [0.2, 0.25) is 0 Å². The fourth-order valence-electron chi connectivity index (χ4n) is 1.49. The van der Waals surface area contributed by atoms with E-state index in [1.165, 1.54) is 0 Å². The van der Waals surface area contributed by atoms with Gasteiger partial charge >= 0.3 is 0 Å². The molecule has 0 aliphatic heterocycles. The van der Waals surface area contributed by atoms with E-state index in [0.29, 0.717) is 6.54 Å². The second kappa shape index (κ2) is 6.54. The molecule has 0 aromatic heterocycles. The van der Waals surface area contributed by atoms with Gasteiger partial charge < -0.3 is 14.9 Å². The second-order valence-electron chi connectivity index (χ2n) is 3.72. The molecule has 1 rings (SSSR count). The number of ether oxygens (including phenoxy) is 1. The topological polar surface area (TPSA) is 42.7 Å². The van der Waals surface area contributed by atoms with Crippen molar-refractivity contribution in [2.24, 2.45) is 0 Å². The number of carbonyl (C=O) groups excluding carboxylic acids is 1. The van der Waals surface area contributed by atoms with Gasteiger partial charge in [-0.2, -0.15) is 0 Å². The molecule has 1 N–H and O–H groups in total. The van der Waals surface area contributed by atoms with Crippen molar-refractivity contribution < 1.29 is 9.53 Å². The van der Waals surface area contributed by atoms with Gasteiger partial charge in [-0.3, -0.25) is 4.79 Å². The first-order chi connectivity index (χ1) is 8.17. The molecule has 1 aromatic rings. The van der Waals surface area contributed by atoms with Gasteiger partial charge in [0.05, 0.1) is 7.11 Å². The first-order valence-corrected chi connectivity index (χ1v) is 5.41. The Morgan fingerprint density at radius 1 is 1.53 bits per heavy atom. The number of nitrogens with one attached hydrogen (secondary N) is 1. The lowest BCUT2D eigenvalue weighted by Crippen LogP contribution is -2.27. The van der Waals surface area contributed by atoms with E-state index >= 15 is 0 Å². The fraction of sp³-hybridized carbons (Fsp3) is 0.385. The molecule has 0 saturated carbocycles. The molecule has 0 heterocycles. The first kappa shape index (κ1) is 13.0. The molecule has 0 bridgehead atoms. The molecule has 0 aliphatic carbocycles. The van der Waals surface area contributed by atoms with Gasteiger partial charge in [-0.1, -0.05) is 12.1 Å².